The molecule has 0 saturated carbocycles. The van der Waals surface area contributed by atoms with E-state index in [1.807, 2.05) is 0 Å². The zero-order valence-corrected chi connectivity index (χ0v) is 18.5. The third-order valence-corrected chi connectivity index (χ3v) is 8.53. The molecule has 2 aliphatic rings. The van der Waals surface area contributed by atoms with E-state index in [0.29, 0.717) is 11.5 Å². The smallest absolute Gasteiger partial charge is 0.354 e. The molecule has 0 bridgehead atoms. The van der Waals surface area contributed by atoms with Gasteiger partial charge in [0.05, 0.1) is 11.3 Å². The van der Waals surface area contributed by atoms with Crippen LogP contribution in [0.3, 0.4) is 0 Å². The number of carbonyl (C=O) groups is 1. The van der Waals surface area contributed by atoms with Gasteiger partial charge in [-0.3, -0.25) is 4.98 Å². The van der Waals surface area contributed by atoms with Gasteiger partial charge in [-0.05, 0) is 80.0 Å². The quantitative estimate of drug-likeness (QED) is 0.680. The number of hydrogen-bond acceptors (Lipinski definition) is 5. The summed E-state index contributed by atoms with van der Waals surface area (Å²) in [6.07, 6.45) is 4.68. The van der Waals surface area contributed by atoms with Gasteiger partial charge in [-0.2, -0.15) is 0 Å². The molecule has 2 heterocycles. The van der Waals surface area contributed by atoms with Crippen LogP contribution in [0.25, 0.3) is 0 Å². The first-order chi connectivity index (χ1) is 13.6. The Bertz CT molecular complexity index is 1110. The first kappa shape index (κ1) is 20.5. The number of fused-ring (bicyclic) bond motifs is 2. The number of amides is 2. The van der Waals surface area contributed by atoms with Gasteiger partial charge in [0.1, 0.15) is 4.21 Å². The van der Waals surface area contributed by atoms with Crippen LogP contribution in [0.2, 0.25) is 0 Å². The van der Waals surface area contributed by atoms with E-state index in [2.05, 4.69) is 16.6 Å². The molecule has 0 aliphatic heterocycles. The molecule has 2 aliphatic carbocycles. The molecule has 0 spiro atoms. The van der Waals surface area contributed by atoms with Gasteiger partial charge in [0.2, 0.25) is 0 Å². The highest BCUT2D eigenvalue weighted by Crippen LogP contribution is 2.41. The van der Waals surface area contributed by atoms with Crippen molar-refractivity contribution >= 4 is 33.0 Å². The summed E-state index contributed by atoms with van der Waals surface area (Å²) in [5, 5.41) is 20.6. The Balaban J connectivity index is 1.66. The molecule has 4 N–H and O–H groups in total. The van der Waals surface area contributed by atoms with E-state index in [-0.39, 0.29) is 4.21 Å². The largest absolute Gasteiger partial charge is 0.386 e. The van der Waals surface area contributed by atoms with E-state index in [9.17, 15) is 14.1 Å². The first-order valence-electron chi connectivity index (χ1n) is 9.78. The van der Waals surface area contributed by atoms with Gasteiger partial charge < -0.3 is 10.4 Å². The summed E-state index contributed by atoms with van der Waals surface area (Å²) in [6.45, 7) is 5.42. The van der Waals surface area contributed by atoms with Gasteiger partial charge in [-0.1, -0.05) is 6.92 Å². The summed E-state index contributed by atoms with van der Waals surface area (Å²) in [4.78, 5) is 17.5. The van der Waals surface area contributed by atoms with Crippen LogP contribution in [-0.2, 0) is 34.8 Å². The Hall–Kier alpha value is -1.81. The number of anilines is 1. The summed E-state index contributed by atoms with van der Waals surface area (Å²) in [6, 6.07) is 0.839. The molecule has 2 aromatic heterocycles. The summed E-state index contributed by atoms with van der Waals surface area (Å²) < 4.78 is 17.0. The molecule has 156 valence electrons. The Morgan fingerprint density at radius 3 is 2.83 bits per heavy atom. The third kappa shape index (κ3) is 3.84. The minimum absolute atomic E-state index is 0.267. The molecule has 29 heavy (non-hydrogen) atoms. The fourth-order valence-corrected chi connectivity index (χ4v) is 6.32. The van der Waals surface area contributed by atoms with Gasteiger partial charge in [0.25, 0.3) is 0 Å². The standard InChI is InChI=1S/C20H26N4O3S2/c1-11-7-8-14-17(11)22-15-6-4-5-13(15)18(14)23-19(25)24-29(21,27)16-9-12(10-28-16)20(2,3)26/h9-11,26H,4-8H2,1-3H3,(H3,21,22,23,24,25,27)/t11-,29-/m0/s1. The van der Waals surface area contributed by atoms with Crippen molar-refractivity contribution in [3.63, 3.8) is 0 Å². The molecular formula is C20H26N4O3S2. The number of aromatic nitrogens is 1. The molecule has 0 radical (unpaired) electrons. The summed E-state index contributed by atoms with van der Waals surface area (Å²) in [7, 11) is -3.40. The minimum atomic E-state index is -3.40. The predicted molar refractivity (Wildman–Crippen MR) is 115 cm³/mol. The van der Waals surface area contributed by atoms with Crippen LogP contribution in [0.1, 0.15) is 67.6 Å². The van der Waals surface area contributed by atoms with Crippen molar-refractivity contribution < 1.29 is 14.1 Å². The Morgan fingerprint density at radius 1 is 1.38 bits per heavy atom. The molecule has 7 nitrogen and oxygen atoms in total. The van der Waals surface area contributed by atoms with Gasteiger partial charge >= 0.3 is 6.03 Å². The van der Waals surface area contributed by atoms with Gasteiger partial charge in [-0.15, -0.1) is 15.7 Å². The highest BCUT2D eigenvalue weighted by atomic mass is 32.2. The number of rotatable bonds is 3. The van der Waals surface area contributed by atoms with Crippen LogP contribution in [0.4, 0.5) is 10.5 Å². The summed E-state index contributed by atoms with van der Waals surface area (Å²) in [5.41, 5.74) is 4.55. The monoisotopic (exact) mass is 434 g/mol. The van der Waals surface area contributed by atoms with Crippen molar-refractivity contribution in [1.29, 1.82) is 0 Å². The lowest BCUT2D eigenvalue weighted by atomic mass is 10.0. The first-order valence-corrected chi connectivity index (χ1v) is 12.2. The van der Waals surface area contributed by atoms with E-state index in [4.69, 9.17) is 10.1 Å². The zero-order valence-electron chi connectivity index (χ0n) is 16.8. The number of urea groups is 1. The maximum absolute atomic E-state index is 12.9. The lowest BCUT2D eigenvalue weighted by molar-refractivity contribution is 0.0789. The van der Waals surface area contributed by atoms with Gasteiger partial charge in [0, 0.05) is 11.4 Å². The van der Waals surface area contributed by atoms with E-state index in [0.717, 1.165) is 71.6 Å². The second-order valence-corrected chi connectivity index (χ2v) is 11.3. The highest BCUT2D eigenvalue weighted by Gasteiger charge is 2.30. The second-order valence-electron chi connectivity index (χ2n) is 8.37. The molecule has 2 atom stereocenters. The van der Waals surface area contributed by atoms with Crippen LogP contribution in [0.5, 0.6) is 0 Å². The average Bonchev–Trinajstić information content (AvgIpc) is 3.33. The molecule has 0 aromatic carbocycles. The van der Waals surface area contributed by atoms with Crippen molar-refractivity contribution in [2.75, 3.05) is 5.32 Å². The molecular weight excluding hydrogens is 408 g/mol. The summed E-state index contributed by atoms with van der Waals surface area (Å²) >= 11 is 1.13. The number of nitrogens with two attached hydrogens (primary N) is 1. The maximum Gasteiger partial charge on any atom is 0.354 e. The van der Waals surface area contributed by atoms with Gasteiger partial charge in [0.15, 0.2) is 9.92 Å². The van der Waals surface area contributed by atoms with Crippen LogP contribution >= 0.6 is 11.3 Å². The highest BCUT2D eigenvalue weighted by molar-refractivity contribution is 7.93. The number of hydrogen-bond donors (Lipinski definition) is 3. The number of carbonyl (C=O) groups excluding carboxylic acids is 1. The molecule has 0 unspecified atom stereocenters. The lowest BCUT2D eigenvalue weighted by Crippen LogP contribution is -2.19. The Kier molecular flexibility index (Phi) is 5.05. The van der Waals surface area contributed by atoms with E-state index >= 15 is 0 Å². The fraction of sp³-hybridized carbons (Fsp3) is 0.500. The fourth-order valence-electron chi connectivity index (χ4n) is 4.04. The summed E-state index contributed by atoms with van der Waals surface area (Å²) in [5.74, 6) is 0.369. The molecule has 9 heteroatoms. The third-order valence-electron chi connectivity index (χ3n) is 5.67. The van der Waals surface area contributed by atoms with E-state index in [1.54, 1.807) is 25.3 Å². The number of nitrogens with zero attached hydrogens (tertiary/aromatic N) is 2. The molecule has 2 aromatic rings. The molecule has 2 amide bonds. The predicted octanol–water partition coefficient (Wildman–Crippen LogP) is 3.84. The number of aliphatic hydroxyl groups is 1. The average molecular weight is 435 g/mol. The molecule has 4 rings (SSSR count). The topological polar surface area (TPSA) is 118 Å². The SMILES string of the molecule is C[C@H]1CCc2c1nc1c(c2NC(=O)N=[S@](N)(=O)c2cc(C(C)(C)O)cs2)CCC1. The number of aryl methyl sites for hydroxylation is 1. The minimum Gasteiger partial charge on any atom is -0.386 e. The lowest BCUT2D eigenvalue weighted by Gasteiger charge is -2.15. The number of nitrogens with one attached hydrogen (secondary N) is 1. The van der Waals surface area contributed by atoms with Crippen molar-refractivity contribution in [3.05, 3.63) is 39.5 Å². The van der Waals surface area contributed by atoms with Crippen LogP contribution < -0.4 is 10.5 Å². The van der Waals surface area contributed by atoms with Crippen LogP contribution in [0.15, 0.2) is 20.0 Å². The Morgan fingerprint density at radius 2 is 2.14 bits per heavy atom. The van der Waals surface area contributed by atoms with E-state index < -0.39 is 21.5 Å². The van der Waals surface area contributed by atoms with Crippen molar-refractivity contribution in [2.45, 2.75) is 68.6 Å². The molecule has 0 saturated heterocycles. The van der Waals surface area contributed by atoms with Crippen molar-refractivity contribution in [2.24, 2.45) is 9.50 Å². The Labute approximate surface area is 175 Å². The van der Waals surface area contributed by atoms with Crippen molar-refractivity contribution in [3.8, 4) is 0 Å². The van der Waals surface area contributed by atoms with Crippen molar-refractivity contribution in [1.82, 2.24) is 4.98 Å². The molecule has 0 fully saturated rings. The van der Waals surface area contributed by atoms with Crippen LogP contribution in [-0.4, -0.2) is 20.3 Å². The van der Waals surface area contributed by atoms with E-state index in [1.165, 1.54) is 0 Å². The maximum atomic E-state index is 12.9. The normalized spacial score (nSPS) is 20.1. The van der Waals surface area contributed by atoms with Gasteiger partial charge in [-0.25, -0.2) is 14.1 Å². The number of pyridine rings is 1. The zero-order chi connectivity index (χ0) is 21.0. The van der Waals surface area contributed by atoms with Crippen LogP contribution in [0, 0.1) is 0 Å². The second kappa shape index (κ2) is 7.16. The number of thiophene rings is 1.